The van der Waals surface area contributed by atoms with Crippen molar-refractivity contribution in [2.75, 3.05) is 13.2 Å². The van der Waals surface area contributed by atoms with Gasteiger partial charge in [-0.05, 0) is 12.8 Å². The van der Waals surface area contributed by atoms with Crippen molar-refractivity contribution >= 4 is 5.65 Å². The molecule has 2 aromatic rings. The van der Waals surface area contributed by atoms with Crippen molar-refractivity contribution in [1.82, 2.24) is 19.2 Å². The molecule has 1 atom stereocenters. The van der Waals surface area contributed by atoms with Crippen molar-refractivity contribution in [3.05, 3.63) is 28.6 Å². The highest BCUT2D eigenvalue weighted by molar-refractivity contribution is 5.34. The first kappa shape index (κ1) is 12.3. The molecule has 0 radical (unpaired) electrons. The number of aromatic nitrogens is 4. The molecule has 1 aliphatic heterocycles. The Hall–Kier alpha value is -1.69. The Morgan fingerprint density at radius 3 is 3.05 bits per heavy atom. The lowest BCUT2D eigenvalue weighted by Crippen LogP contribution is -2.25. The Bertz CT molecular complexity index is 625. The summed E-state index contributed by atoms with van der Waals surface area (Å²) in [6.07, 6.45) is 6.56. The van der Waals surface area contributed by atoms with E-state index >= 15 is 0 Å². The van der Waals surface area contributed by atoms with Gasteiger partial charge < -0.3 is 9.30 Å². The number of aryl methyl sites for hydroxylation is 1. The standard InChI is InChI=1S/C13H18N4O2/c1-2-3-11-14-15-12-13(18)16(5-6-17(11)12)8-10-4-7-19-9-10/h5-6,10H,2-4,7-9H2,1H3. The van der Waals surface area contributed by atoms with E-state index in [9.17, 15) is 4.79 Å². The van der Waals surface area contributed by atoms with Gasteiger partial charge in [0.25, 0.3) is 5.56 Å². The first-order chi connectivity index (χ1) is 9.29. The van der Waals surface area contributed by atoms with Gasteiger partial charge in [-0.25, -0.2) is 0 Å². The van der Waals surface area contributed by atoms with Gasteiger partial charge in [-0.1, -0.05) is 6.92 Å². The van der Waals surface area contributed by atoms with Crippen LogP contribution in [-0.2, 0) is 17.7 Å². The van der Waals surface area contributed by atoms with E-state index in [1.165, 1.54) is 0 Å². The van der Waals surface area contributed by atoms with Crippen LogP contribution in [0, 0.1) is 5.92 Å². The molecule has 0 aliphatic carbocycles. The van der Waals surface area contributed by atoms with Crippen molar-refractivity contribution in [3.8, 4) is 0 Å². The molecular weight excluding hydrogens is 244 g/mol. The first-order valence-electron chi connectivity index (χ1n) is 6.80. The Morgan fingerprint density at radius 2 is 2.32 bits per heavy atom. The monoisotopic (exact) mass is 262 g/mol. The second-order valence-corrected chi connectivity index (χ2v) is 5.05. The Morgan fingerprint density at radius 1 is 1.42 bits per heavy atom. The van der Waals surface area contributed by atoms with Crippen LogP contribution in [0.5, 0.6) is 0 Å². The molecule has 0 amide bonds. The molecule has 0 N–H and O–H groups in total. The summed E-state index contributed by atoms with van der Waals surface area (Å²) in [5, 5.41) is 8.11. The van der Waals surface area contributed by atoms with Gasteiger partial charge in [0.1, 0.15) is 5.82 Å². The topological polar surface area (TPSA) is 61.4 Å². The van der Waals surface area contributed by atoms with E-state index in [0.717, 1.165) is 38.3 Å². The fourth-order valence-electron chi connectivity index (χ4n) is 2.51. The molecule has 2 aromatic heterocycles. The number of rotatable bonds is 4. The number of hydrogen-bond donors (Lipinski definition) is 0. The van der Waals surface area contributed by atoms with Crippen molar-refractivity contribution in [2.45, 2.75) is 32.7 Å². The predicted molar refractivity (Wildman–Crippen MR) is 70.2 cm³/mol. The summed E-state index contributed by atoms with van der Waals surface area (Å²) in [6.45, 7) is 4.33. The van der Waals surface area contributed by atoms with Crippen LogP contribution in [0.3, 0.4) is 0 Å². The van der Waals surface area contributed by atoms with E-state index in [1.807, 2.05) is 12.4 Å². The zero-order valence-corrected chi connectivity index (χ0v) is 11.1. The van der Waals surface area contributed by atoms with Crippen molar-refractivity contribution in [1.29, 1.82) is 0 Å². The highest BCUT2D eigenvalue weighted by Crippen LogP contribution is 2.14. The second kappa shape index (κ2) is 5.13. The molecule has 6 nitrogen and oxygen atoms in total. The number of ether oxygens (including phenoxy) is 1. The fraction of sp³-hybridized carbons (Fsp3) is 0.615. The van der Waals surface area contributed by atoms with Crippen LogP contribution < -0.4 is 5.56 Å². The van der Waals surface area contributed by atoms with Crippen molar-refractivity contribution in [3.63, 3.8) is 0 Å². The summed E-state index contributed by atoms with van der Waals surface area (Å²) in [5.41, 5.74) is 0.356. The van der Waals surface area contributed by atoms with Crippen LogP contribution >= 0.6 is 0 Å². The molecule has 3 heterocycles. The fourth-order valence-corrected chi connectivity index (χ4v) is 2.51. The van der Waals surface area contributed by atoms with Gasteiger partial charge in [0.2, 0.25) is 5.65 Å². The highest BCUT2D eigenvalue weighted by atomic mass is 16.5. The minimum Gasteiger partial charge on any atom is -0.381 e. The quantitative estimate of drug-likeness (QED) is 0.820. The average molecular weight is 262 g/mol. The Kier molecular flexibility index (Phi) is 3.33. The van der Waals surface area contributed by atoms with Gasteiger partial charge >= 0.3 is 0 Å². The summed E-state index contributed by atoms with van der Waals surface area (Å²) < 4.78 is 8.86. The maximum absolute atomic E-state index is 12.3. The van der Waals surface area contributed by atoms with Gasteiger partial charge in [-0.2, -0.15) is 0 Å². The summed E-state index contributed by atoms with van der Waals surface area (Å²) in [4.78, 5) is 12.3. The molecule has 0 spiro atoms. The van der Waals surface area contributed by atoms with Gasteiger partial charge in [-0.3, -0.25) is 9.20 Å². The molecule has 1 aliphatic rings. The van der Waals surface area contributed by atoms with Crippen molar-refractivity contribution < 1.29 is 4.74 Å². The third kappa shape index (κ3) is 2.28. The van der Waals surface area contributed by atoms with Gasteiger partial charge in [0, 0.05) is 37.9 Å². The van der Waals surface area contributed by atoms with Crippen LogP contribution in [0.4, 0.5) is 0 Å². The van der Waals surface area contributed by atoms with Gasteiger partial charge in [0.15, 0.2) is 0 Å². The number of fused-ring (bicyclic) bond motifs is 1. The molecule has 3 rings (SSSR count). The molecule has 0 aromatic carbocycles. The lowest BCUT2D eigenvalue weighted by Gasteiger charge is -2.10. The van der Waals surface area contributed by atoms with E-state index < -0.39 is 0 Å². The zero-order valence-electron chi connectivity index (χ0n) is 11.1. The summed E-state index contributed by atoms with van der Waals surface area (Å²) in [5.74, 6) is 1.28. The SMILES string of the molecule is CCCc1nnc2c(=O)n(CC3CCOC3)ccn12. The number of nitrogens with zero attached hydrogens (tertiary/aromatic N) is 4. The Labute approximate surface area is 111 Å². The van der Waals surface area contributed by atoms with Crippen LogP contribution in [0.1, 0.15) is 25.6 Å². The Balaban J connectivity index is 1.94. The number of hydrogen-bond acceptors (Lipinski definition) is 4. The van der Waals surface area contributed by atoms with Crippen molar-refractivity contribution in [2.24, 2.45) is 5.92 Å². The largest absolute Gasteiger partial charge is 0.381 e. The lowest BCUT2D eigenvalue weighted by molar-refractivity contribution is 0.182. The predicted octanol–water partition coefficient (Wildman–Crippen LogP) is 0.880. The zero-order chi connectivity index (χ0) is 13.2. The maximum Gasteiger partial charge on any atom is 0.296 e. The van der Waals surface area contributed by atoms with E-state index in [0.29, 0.717) is 18.1 Å². The average Bonchev–Trinajstić information content (AvgIpc) is 3.04. The minimum atomic E-state index is -0.0655. The molecule has 0 saturated carbocycles. The normalized spacial score (nSPS) is 19.3. The third-order valence-electron chi connectivity index (χ3n) is 3.57. The molecule has 1 saturated heterocycles. The van der Waals surface area contributed by atoms with Crippen LogP contribution in [0.2, 0.25) is 0 Å². The molecule has 1 unspecified atom stereocenters. The molecule has 0 bridgehead atoms. The highest BCUT2D eigenvalue weighted by Gasteiger charge is 2.18. The molecule has 19 heavy (non-hydrogen) atoms. The van der Waals surface area contributed by atoms with Crippen LogP contribution in [0.15, 0.2) is 17.2 Å². The van der Waals surface area contributed by atoms with E-state index in [4.69, 9.17) is 4.74 Å². The van der Waals surface area contributed by atoms with E-state index in [1.54, 1.807) is 8.97 Å². The third-order valence-corrected chi connectivity index (χ3v) is 3.57. The summed E-state index contributed by atoms with van der Waals surface area (Å²) in [7, 11) is 0. The van der Waals surface area contributed by atoms with E-state index in [2.05, 4.69) is 17.1 Å². The summed E-state index contributed by atoms with van der Waals surface area (Å²) in [6, 6.07) is 0. The van der Waals surface area contributed by atoms with Crippen LogP contribution in [0.25, 0.3) is 5.65 Å². The lowest BCUT2D eigenvalue weighted by atomic mass is 10.1. The molecular formula is C13H18N4O2. The maximum atomic E-state index is 12.3. The molecule has 102 valence electrons. The molecule has 1 fully saturated rings. The van der Waals surface area contributed by atoms with Gasteiger partial charge in [0.05, 0.1) is 6.61 Å². The first-order valence-corrected chi connectivity index (χ1v) is 6.80. The van der Waals surface area contributed by atoms with Gasteiger partial charge in [-0.15, -0.1) is 10.2 Å². The minimum absolute atomic E-state index is 0.0655. The smallest absolute Gasteiger partial charge is 0.296 e. The summed E-state index contributed by atoms with van der Waals surface area (Å²) >= 11 is 0. The second-order valence-electron chi connectivity index (χ2n) is 5.05. The van der Waals surface area contributed by atoms with E-state index in [-0.39, 0.29) is 5.56 Å². The van der Waals surface area contributed by atoms with Crippen LogP contribution in [-0.4, -0.2) is 32.4 Å². The molecule has 6 heteroatoms.